The van der Waals surface area contributed by atoms with Gasteiger partial charge in [-0.3, -0.25) is 9.88 Å². The zero-order valence-corrected chi connectivity index (χ0v) is 12.0. The van der Waals surface area contributed by atoms with Crippen molar-refractivity contribution >= 4 is 10.9 Å². The molecule has 0 saturated carbocycles. The smallest absolute Gasteiger partial charge is 0.0702 e. The van der Waals surface area contributed by atoms with E-state index in [1.165, 1.54) is 48.0 Å². The predicted molar refractivity (Wildman–Crippen MR) is 86.0 cm³/mol. The maximum absolute atomic E-state index is 4.65. The van der Waals surface area contributed by atoms with Crippen LogP contribution >= 0.6 is 0 Å². The lowest BCUT2D eigenvalue weighted by Gasteiger charge is -2.14. The molecule has 0 unspecified atom stereocenters. The van der Waals surface area contributed by atoms with Gasteiger partial charge in [0.2, 0.25) is 0 Å². The van der Waals surface area contributed by atoms with Gasteiger partial charge in [-0.25, -0.2) is 0 Å². The fourth-order valence-corrected chi connectivity index (χ4v) is 3.10. The number of likely N-dealkylation sites (tertiary alicyclic amines) is 1. The molecular formula is C18H19N3. The first-order valence-electron chi connectivity index (χ1n) is 7.63. The summed E-state index contributed by atoms with van der Waals surface area (Å²) in [5.74, 6) is 0. The fourth-order valence-electron chi connectivity index (χ4n) is 3.10. The summed E-state index contributed by atoms with van der Waals surface area (Å²) in [6.45, 7) is 3.49. The molecule has 1 aliphatic heterocycles. The average Bonchev–Trinajstić information content (AvgIpc) is 3.18. The number of nitrogens with one attached hydrogen (secondary N) is 1. The van der Waals surface area contributed by atoms with Crippen LogP contribution in [0.15, 0.2) is 48.8 Å². The molecule has 0 radical (unpaired) electrons. The Hall–Kier alpha value is -2.13. The summed E-state index contributed by atoms with van der Waals surface area (Å²) in [6, 6.07) is 12.9. The maximum atomic E-state index is 4.65. The van der Waals surface area contributed by atoms with Crippen LogP contribution in [0, 0.1) is 0 Å². The van der Waals surface area contributed by atoms with Gasteiger partial charge >= 0.3 is 0 Å². The van der Waals surface area contributed by atoms with Gasteiger partial charge in [0.1, 0.15) is 0 Å². The van der Waals surface area contributed by atoms with Gasteiger partial charge in [-0.1, -0.05) is 12.1 Å². The van der Waals surface area contributed by atoms with E-state index in [0.29, 0.717) is 0 Å². The number of rotatable bonds is 3. The quantitative estimate of drug-likeness (QED) is 0.789. The Labute approximate surface area is 124 Å². The largest absolute Gasteiger partial charge is 0.361 e. The second-order valence-corrected chi connectivity index (χ2v) is 5.81. The van der Waals surface area contributed by atoms with Gasteiger partial charge < -0.3 is 4.98 Å². The lowest BCUT2D eigenvalue weighted by molar-refractivity contribution is 0.331. The SMILES string of the molecule is c1cc2cc(-c3ccc(CN4CCCC4)cn3)ccc2[nH]1. The fraction of sp³-hybridized carbons (Fsp3) is 0.278. The van der Waals surface area contributed by atoms with E-state index in [-0.39, 0.29) is 0 Å². The Bertz CT molecular complexity index is 737. The molecule has 3 heterocycles. The number of fused-ring (bicyclic) bond motifs is 1. The molecule has 0 bridgehead atoms. The Kier molecular flexibility index (Phi) is 3.20. The summed E-state index contributed by atoms with van der Waals surface area (Å²) in [7, 11) is 0. The van der Waals surface area contributed by atoms with Crippen molar-refractivity contribution in [3.8, 4) is 11.3 Å². The summed E-state index contributed by atoms with van der Waals surface area (Å²) in [5, 5.41) is 1.23. The summed E-state index contributed by atoms with van der Waals surface area (Å²) >= 11 is 0. The molecule has 3 nitrogen and oxygen atoms in total. The number of hydrogen-bond donors (Lipinski definition) is 1. The molecular weight excluding hydrogens is 258 g/mol. The van der Waals surface area contributed by atoms with Gasteiger partial charge in [0.05, 0.1) is 5.69 Å². The minimum Gasteiger partial charge on any atom is -0.361 e. The van der Waals surface area contributed by atoms with Crippen LogP contribution in [0.25, 0.3) is 22.2 Å². The van der Waals surface area contributed by atoms with Gasteiger partial charge in [0, 0.05) is 35.4 Å². The molecule has 3 heteroatoms. The van der Waals surface area contributed by atoms with Crippen molar-refractivity contribution in [1.29, 1.82) is 0 Å². The van der Waals surface area contributed by atoms with Crippen LogP contribution in [-0.2, 0) is 6.54 Å². The van der Waals surface area contributed by atoms with E-state index < -0.39 is 0 Å². The highest BCUT2D eigenvalue weighted by Crippen LogP contribution is 2.23. The molecule has 1 aliphatic rings. The van der Waals surface area contributed by atoms with E-state index >= 15 is 0 Å². The molecule has 0 atom stereocenters. The monoisotopic (exact) mass is 277 g/mol. The minimum absolute atomic E-state index is 1.03. The molecule has 3 aromatic rings. The van der Waals surface area contributed by atoms with Crippen LogP contribution in [0.5, 0.6) is 0 Å². The highest BCUT2D eigenvalue weighted by Gasteiger charge is 2.11. The van der Waals surface area contributed by atoms with Gasteiger partial charge in [-0.15, -0.1) is 0 Å². The third-order valence-electron chi connectivity index (χ3n) is 4.28. The van der Waals surface area contributed by atoms with Crippen molar-refractivity contribution < 1.29 is 0 Å². The average molecular weight is 277 g/mol. The van der Waals surface area contributed by atoms with E-state index in [4.69, 9.17) is 0 Å². The molecule has 21 heavy (non-hydrogen) atoms. The van der Waals surface area contributed by atoms with Gasteiger partial charge in [0.15, 0.2) is 0 Å². The van der Waals surface area contributed by atoms with Crippen molar-refractivity contribution in [2.45, 2.75) is 19.4 Å². The molecule has 0 amide bonds. The zero-order chi connectivity index (χ0) is 14.1. The Morgan fingerprint density at radius 1 is 1.05 bits per heavy atom. The van der Waals surface area contributed by atoms with Gasteiger partial charge in [-0.2, -0.15) is 0 Å². The maximum Gasteiger partial charge on any atom is 0.0702 e. The Balaban J connectivity index is 1.57. The highest BCUT2D eigenvalue weighted by molar-refractivity contribution is 5.84. The van der Waals surface area contributed by atoms with Crippen LogP contribution in [-0.4, -0.2) is 28.0 Å². The first-order chi connectivity index (χ1) is 10.4. The number of benzene rings is 1. The van der Waals surface area contributed by atoms with E-state index in [1.807, 2.05) is 12.4 Å². The molecule has 1 saturated heterocycles. The van der Waals surface area contributed by atoms with Crippen LogP contribution in [0.1, 0.15) is 18.4 Å². The number of aromatic nitrogens is 2. The second-order valence-electron chi connectivity index (χ2n) is 5.81. The Morgan fingerprint density at radius 2 is 1.95 bits per heavy atom. The molecule has 4 rings (SSSR count). The van der Waals surface area contributed by atoms with Crippen LogP contribution in [0.2, 0.25) is 0 Å². The predicted octanol–water partition coefficient (Wildman–Crippen LogP) is 3.83. The highest BCUT2D eigenvalue weighted by atomic mass is 15.1. The third-order valence-corrected chi connectivity index (χ3v) is 4.28. The molecule has 0 spiro atoms. The second kappa shape index (κ2) is 5.34. The van der Waals surface area contributed by atoms with Crippen molar-refractivity contribution in [2.24, 2.45) is 0 Å². The Morgan fingerprint density at radius 3 is 2.76 bits per heavy atom. The summed E-state index contributed by atoms with van der Waals surface area (Å²) < 4.78 is 0. The first-order valence-corrected chi connectivity index (χ1v) is 7.63. The topological polar surface area (TPSA) is 31.9 Å². The number of H-pyrrole nitrogens is 1. The minimum atomic E-state index is 1.03. The summed E-state index contributed by atoms with van der Waals surface area (Å²) in [6.07, 6.45) is 6.67. The lowest BCUT2D eigenvalue weighted by Crippen LogP contribution is -2.18. The number of pyridine rings is 1. The summed E-state index contributed by atoms with van der Waals surface area (Å²) in [4.78, 5) is 10.4. The molecule has 0 aliphatic carbocycles. The molecule has 1 N–H and O–H groups in total. The standard InChI is InChI=1S/C18H19N3/c1-2-10-21(9-1)13-14-3-5-18(20-12-14)15-4-6-17-16(11-15)7-8-19-17/h3-8,11-12,19H,1-2,9-10,13H2. The zero-order valence-electron chi connectivity index (χ0n) is 12.0. The van der Waals surface area contributed by atoms with Crippen molar-refractivity contribution in [3.63, 3.8) is 0 Å². The van der Waals surface area contributed by atoms with Gasteiger partial charge in [-0.05, 0) is 55.8 Å². The third kappa shape index (κ3) is 2.57. The van der Waals surface area contributed by atoms with Crippen molar-refractivity contribution in [1.82, 2.24) is 14.9 Å². The summed E-state index contributed by atoms with van der Waals surface area (Å²) in [5.41, 5.74) is 4.70. The lowest BCUT2D eigenvalue weighted by atomic mass is 10.1. The van der Waals surface area contributed by atoms with E-state index in [0.717, 1.165) is 12.2 Å². The van der Waals surface area contributed by atoms with Crippen molar-refractivity contribution in [2.75, 3.05) is 13.1 Å². The molecule has 106 valence electrons. The molecule has 1 aromatic carbocycles. The normalized spacial score (nSPS) is 15.8. The number of hydrogen-bond acceptors (Lipinski definition) is 2. The van der Waals surface area contributed by atoms with Crippen molar-refractivity contribution in [3.05, 3.63) is 54.4 Å². The number of nitrogens with zero attached hydrogens (tertiary/aromatic N) is 2. The van der Waals surface area contributed by atoms with E-state index in [1.54, 1.807) is 0 Å². The van der Waals surface area contributed by atoms with Crippen LogP contribution in [0.4, 0.5) is 0 Å². The molecule has 1 fully saturated rings. The molecule has 2 aromatic heterocycles. The number of aromatic amines is 1. The van der Waals surface area contributed by atoms with Crippen LogP contribution < -0.4 is 0 Å². The van der Waals surface area contributed by atoms with E-state index in [2.05, 4.69) is 51.3 Å². The van der Waals surface area contributed by atoms with Crippen LogP contribution in [0.3, 0.4) is 0 Å². The first kappa shape index (κ1) is 12.6. The van der Waals surface area contributed by atoms with Gasteiger partial charge in [0.25, 0.3) is 0 Å². The van der Waals surface area contributed by atoms with E-state index in [9.17, 15) is 0 Å².